The van der Waals surface area contributed by atoms with Crippen LogP contribution in [0, 0.1) is 5.92 Å². The second-order valence-corrected chi connectivity index (χ2v) is 8.98. The number of amides is 2. The lowest BCUT2D eigenvalue weighted by molar-refractivity contribution is -0.142. The van der Waals surface area contributed by atoms with Crippen molar-refractivity contribution in [3.05, 3.63) is 34.9 Å². The van der Waals surface area contributed by atoms with Crippen LogP contribution in [0.25, 0.3) is 0 Å². The van der Waals surface area contributed by atoms with Gasteiger partial charge in [0, 0.05) is 35.3 Å². The number of carbonyl (C=O) groups is 2. The molecule has 0 radical (unpaired) electrons. The summed E-state index contributed by atoms with van der Waals surface area (Å²) in [7, 11) is 0. The van der Waals surface area contributed by atoms with Crippen LogP contribution in [0.5, 0.6) is 0 Å². The van der Waals surface area contributed by atoms with Crippen molar-refractivity contribution >= 4 is 35.2 Å². The molecule has 5 nitrogen and oxygen atoms in total. The van der Waals surface area contributed by atoms with Gasteiger partial charge >= 0.3 is 0 Å². The minimum absolute atomic E-state index is 0.00962. The number of nitrogens with zero attached hydrogens (tertiary/aromatic N) is 2. The summed E-state index contributed by atoms with van der Waals surface area (Å²) in [6, 6.07) is 7.11. The van der Waals surface area contributed by atoms with Gasteiger partial charge in [0.25, 0.3) is 0 Å². The van der Waals surface area contributed by atoms with E-state index in [1.54, 1.807) is 16.7 Å². The Morgan fingerprint density at radius 1 is 1.26 bits per heavy atom. The molecule has 2 saturated heterocycles. The highest BCUT2D eigenvalue weighted by atomic mass is 35.5. The van der Waals surface area contributed by atoms with E-state index in [1.165, 1.54) is 12.8 Å². The molecule has 148 valence electrons. The molecule has 0 aromatic heterocycles. The fourth-order valence-electron chi connectivity index (χ4n) is 3.65. The second kappa shape index (κ2) is 9.30. The molecule has 1 aromatic carbocycles. The second-order valence-electron chi connectivity index (χ2n) is 7.46. The highest BCUT2D eigenvalue weighted by Crippen LogP contribution is 2.44. The maximum absolute atomic E-state index is 12.9. The predicted octanol–water partition coefficient (Wildman–Crippen LogP) is 3.15. The van der Waals surface area contributed by atoms with Crippen molar-refractivity contribution in [2.24, 2.45) is 5.92 Å². The van der Waals surface area contributed by atoms with Crippen LogP contribution in [0.4, 0.5) is 0 Å². The summed E-state index contributed by atoms with van der Waals surface area (Å²) in [6.45, 7) is 7.47. The molecule has 0 unspecified atom stereocenters. The Morgan fingerprint density at radius 2 is 1.96 bits per heavy atom. The zero-order valence-corrected chi connectivity index (χ0v) is 17.6. The highest BCUT2D eigenvalue weighted by Gasteiger charge is 2.43. The van der Waals surface area contributed by atoms with Gasteiger partial charge in [0.05, 0.1) is 0 Å². The average molecular weight is 410 g/mol. The third-order valence-corrected chi connectivity index (χ3v) is 6.80. The van der Waals surface area contributed by atoms with Crippen molar-refractivity contribution in [2.75, 3.05) is 31.9 Å². The smallest absolute Gasteiger partial charge is 0.243 e. The molecule has 2 aliphatic rings. The lowest BCUT2D eigenvalue weighted by Gasteiger charge is -2.31. The van der Waals surface area contributed by atoms with Crippen LogP contribution in [0.1, 0.15) is 37.6 Å². The molecular weight excluding hydrogens is 382 g/mol. The number of likely N-dealkylation sites (tertiary alicyclic amines) is 1. The van der Waals surface area contributed by atoms with Crippen molar-refractivity contribution < 1.29 is 9.59 Å². The molecule has 1 N–H and O–H groups in total. The van der Waals surface area contributed by atoms with Crippen LogP contribution in [-0.4, -0.2) is 59.6 Å². The average Bonchev–Trinajstić information content (AvgIpc) is 3.31. The zero-order chi connectivity index (χ0) is 19.4. The first-order chi connectivity index (χ1) is 13.0. The Kier molecular flexibility index (Phi) is 7.06. The molecule has 2 atom stereocenters. The molecule has 0 bridgehead atoms. The molecule has 0 aliphatic carbocycles. The summed E-state index contributed by atoms with van der Waals surface area (Å²) >= 11 is 7.99. The molecule has 0 spiro atoms. The summed E-state index contributed by atoms with van der Waals surface area (Å²) < 4.78 is 0. The van der Waals surface area contributed by atoms with Crippen LogP contribution in [0.15, 0.2) is 24.3 Å². The highest BCUT2D eigenvalue weighted by molar-refractivity contribution is 7.99. The van der Waals surface area contributed by atoms with Crippen molar-refractivity contribution in [1.82, 2.24) is 15.1 Å². The van der Waals surface area contributed by atoms with Crippen LogP contribution < -0.4 is 5.32 Å². The predicted molar refractivity (Wildman–Crippen MR) is 111 cm³/mol. The first-order valence-electron chi connectivity index (χ1n) is 9.67. The number of hydrogen-bond donors (Lipinski definition) is 1. The maximum Gasteiger partial charge on any atom is 0.243 e. The molecule has 0 saturated carbocycles. The number of hydrogen-bond acceptors (Lipinski definition) is 4. The molecule has 2 amide bonds. The van der Waals surface area contributed by atoms with Crippen molar-refractivity contribution in [1.29, 1.82) is 0 Å². The van der Waals surface area contributed by atoms with Gasteiger partial charge in [0.15, 0.2) is 0 Å². The van der Waals surface area contributed by atoms with E-state index in [-0.39, 0.29) is 23.1 Å². The van der Waals surface area contributed by atoms with E-state index >= 15 is 0 Å². The summed E-state index contributed by atoms with van der Waals surface area (Å²) in [6.07, 6.45) is 2.48. The minimum Gasteiger partial charge on any atom is -0.353 e. The van der Waals surface area contributed by atoms with E-state index in [2.05, 4.69) is 10.2 Å². The summed E-state index contributed by atoms with van der Waals surface area (Å²) in [5, 5.41) is 3.45. The van der Waals surface area contributed by atoms with Crippen molar-refractivity contribution in [3.63, 3.8) is 0 Å². The van der Waals surface area contributed by atoms with Gasteiger partial charge in [-0.3, -0.25) is 9.59 Å². The number of rotatable bonds is 6. The molecule has 27 heavy (non-hydrogen) atoms. The third kappa shape index (κ3) is 4.79. The van der Waals surface area contributed by atoms with E-state index in [0.717, 1.165) is 25.2 Å². The molecule has 2 fully saturated rings. The van der Waals surface area contributed by atoms with Crippen LogP contribution >= 0.6 is 23.4 Å². The monoisotopic (exact) mass is 409 g/mol. The van der Waals surface area contributed by atoms with Gasteiger partial charge in [-0.2, -0.15) is 0 Å². The van der Waals surface area contributed by atoms with E-state index in [0.29, 0.717) is 17.3 Å². The SMILES string of the molecule is CC(C)C(=O)N1[C@@H](C(=O)NCCN2CCCC2)CS[C@@H]1c1ccccc1Cl. The Balaban J connectivity index is 1.70. The topological polar surface area (TPSA) is 52.7 Å². The van der Waals surface area contributed by atoms with Crippen LogP contribution in [0.3, 0.4) is 0 Å². The van der Waals surface area contributed by atoms with E-state index < -0.39 is 6.04 Å². The molecule has 3 rings (SSSR count). The van der Waals surface area contributed by atoms with E-state index in [9.17, 15) is 9.59 Å². The van der Waals surface area contributed by atoms with Gasteiger partial charge in [-0.1, -0.05) is 43.6 Å². The van der Waals surface area contributed by atoms with Crippen molar-refractivity contribution in [3.8, 4) is 0 Å². The Labute approximate surface area is 170 Å². The molecular formula is C20H28ClN3O2S. The van der Waals surface area contributed by atoms with Gasteiger partial charge < -0.3 is 15.1 Å². The number of halogens is 1. The van der Waals surface area contributed by atoms with Crippen LogP contribution in [-0.2, 0) is 9.59 Å². The summed E-state index contributed by atoms with van der Waals surface area (Å²) in [4.78, 5) is 29.9. The molecule has 7 heteroatoms. The minimum atomic E-state index is -0.454. The van der Waals surface area contributed by atoms with Gasteiger partial charge in [-0.05, 0) is 32.0 Å². The van der Waals surface area contributed by atoms with Gasteiger partial charge in [0.1, 0.15) is 11.4 Å². The number of carbonyl (C=O) groups excluding carboxylic acids is 2. The largest absolute Gasteiger partial charge is 0.353 e. The Morgan fingerprint density at radius 3 is 2.63 bits per heavy atom. The Hall–Kier alpha value is -1.24. The van der Waals surface area contributed by atoms with Crippen LogP contribution in [0.2, 0.25) is 5.02 Å². The molecule has 1 aromatic rings. The Bertz CT molecular complexity index is 679. The molecule has 2 heterocycles. The fourth-order valence-corrected chi connectivity index (χ4v) is 5.43. The maximum atomic E-state index is 12.9. The normalized spacial score (nSPS) is 23.2. The van der Waals surface area contributed by atoms with E-state index in [4.69, 9.17) is 11.6 Å². The number of benzene rings is 1. The lowest BCUT2D eigenvalue weighted by atomic mass is 10.1. The first-order valence-corrected chi connectivity index (χ1v) is 11.1. The lowest BCUT2D eigenvalue weighted by Crippen LogP contribution is -2.50. The van der Waals surface area contributed by atoms with Gasteiger partial charge in [-0.15, -0.1) is 11.8 Å². The van der Waals surface area contributed by atoms with Gasteiger partial charge in [0.2, 0.25) is 11.8 Å². The number of thioether (sulfide) groups is 1. The third-order valence-electron chi connectivity index (χ3n) is 5.15. The van der Waals surface area contributed by atoms with E-state index in [1.807, 2.05) is 38.1 Å². The van der Waals surface area contributed by atoms with Crippen molar-refractivity contribution in [2.45, 2.75) is 38.1 Å². The van der Waals surface area contributed by atoms with Gasteiger partial charge in [-0.25, -0.2) is 0 Å². The summed E-state index contributed by atoms with van der Waals surface area (Å²) in [5.41, 5.74) is 0.894. The molecule has 2 aliphatic heterocycles. The summed E-state index contributed by atoms with van der Waals surface area (Å²) in [5.74, 6) is 0.340. The zero-order valence-electron chi connectivity index (χ0n) is 16.0. The quantitative estimate of drug-likeness (QED) is 0.784. The number of nitrogens with one attached hydrogen (secondary N) is 1. The first kappa shape index (κ1) is 20.5. The standard InChI is InChI=1S/C20H28ClN3O2S/c1-14(2)19(26)24-17(18(25)22-9-12-23-10-5-6-11-23)13-27-20(24)15-7-3-4-8-16(15)21/h3-4,7-8,14,17,20H,5-6,9-13H2,1-2H3,(H,22,25)/t17-,20-/m1/s1. The fraction of sp³-hybridized carbons (Fsp3) is 0.600.